The molecule has 3 heterocycles. The number of benzene rings is 2. The van der Waals surface area contributed by atoms with Crippen LogP contribution in [0.25, 0.3) is 0 Å². The third kappa shape index (κ3) is 6.82. The fourth-order valence-corrected chi connectivity index (χ4v) is 7.33. The van der Waals surface area contributed by atoms with E-state index < -0.39 is 43.9 Å². The maximum Gasteiger partial charge on any atom is 0.271 e. The van der Waals surface area contributed by atoms with Gasteiger partial charge in [-0.15, -0.1) is 0 Å². The normalized spacial score (nSPS) is 17.1. The monoisotopic (exact) mass is 666 g/mol. The second kappa shape index (κ2) is 13.1. The van der Waals surface area contributed by atoms with E-state index >= 15 is 0 Å². The van der Waals surface area contributed by atoms with Crippen LogP contribution in [0, 0.1) is 11.6 Å². The topological polar surface area (TPSA) is 157 Å². The highest BCUT2D eigenvalue weighted by Crippen LogP contribution is 2.44. The molecule has 12 nitrogen and oxygen atoms in total. The average Bonchev–Trinajstić information content (AvgIpc) is 3.54. The highest BCUT2D eigenvalue weighted by atomic mass is 32.2. The molecule has 1 aromatic heterocycles. The molecule has 0 aliphatic carbocycles. The van der Waals surface area contributed by atoms with E-state index in [1.165, 1.54) is 12.2 Å². The first-order valence-corrected chi connectivity index (χ1v) is 16.2. The van der Waals surface area contributed by atoms with Crippen LogP contribution in [0.4, 0.5) is 26.0 Å². The summed E-state index contributed by atoms with van der Waals surface area (Å²) in [6.45, 7) is 9.76. The zero-order valence-electron chi connectivity index (χ0n) is 26.2. The second-order valence-corrected chi connectivity index (χ2v) is 13.6. The predicted molar refractivity (Wildman–Crippen MR) is 175 cm³/mol. The number of halogens is 2. The van der Waals surface area contributed by atoms with Crippen LogP contribution in [0.1, 0.15) is 35.5 Å². The Bertz CT molecular complexity index is 1880. The molecule has 0 bridgehead atoms. The van der Waals surface area contributed by atoms with E-state index in [1.54, 1.807) is 44.2 Å². The number of H-pyrrole nitrogens is 1. The fourth-order valence-electron chi connectivity index (χ4n) is 5.56. The van der Waals surface area contributed by atoms with Gasteiger partial charge < -0.3 is 26.2 Å². The van der Waals surface area contributed by atoms with Crippen molar-refractivity contribution >= 4 is 39.0 Å². The minimum Gasteiger partial charge on any atom is -0.394 e. The van der Waals surface area contributed by atoms with E-state index in [4.69, 9.17) is 5.73 Å². The zero-order chi connectivity index (χ0) is 34.1. The number of anilines is 3. The Morgan fingerprint density at radius 1 is 1.04 bits per heavy atom. The quantitative estimate of drug-likeness (QED) is 0.199. The third-order valence-electron chi connectivity index (χ3n) is 8.21. The van der Waals surface area contributed by atoms with Crippen molar-refractivity contribution in [1.82, 2.24) is 19.4 Å². The Morgan fingerprint density at radius 3 is 2.38 bits per heavy atom. The maximum atomic E-state index is 13.9. The summed E-state index contributed by atoms with van der Waals surface area (Å²) < 4.78 is 56.1. The van der Waals surface area contributed by atoms with Gasteiger partial charge in [-0.05, 0) is 57.3 Å². The summed E-state index contributed by atoms with van der Waals surface area (Å²) in [6.07, 6.45) is 6.11. The molecular formula is C32H36F2N8O4S. The summed E-state index contributed by atoms with van der Waals surface area (Å²) in [4.78, 5) is 30.5. The molecule has 2 aliphatic heterocycles. The minimum absolute atomic E-state index is 0.0654. The molecule has 0 unspecified atom stereocenters. The number of carbonyl (C=O) groups is 2. The lowest BCUT2D eigenvalue weighted by Gasteiger charge is -2.34. The number of carbonyl (C=O) groups excluding carboxylic acids is 2. The van der Waals surface area contributed by atoms with Crippen molar-refractivity contribution in [3.05, 3.63) is 101 Å². The molecule has 47 heavy (non-hydrogen) atoms. The van der Waals surface area contributed by atoms with Gasteiger partial charge in [0.05, 0.1) is 33.1 Å². The van der Waals surface area contributed by atoms with Crippen LogP contribution < -0.4 is 21.3 Å². The molecule has 0 saturated carbocycles. The van der Waals surface area contributed by atoms with Gasteiger partial charge in [0, 0.05) is 50.0 Å². The molecule has 5 rings (SSSR count). The van der Waals surface area contributed by atoms with Gasteiger partial charge in [-0.1, -0.05) is 24.8 Å². The number of likely N-dealkylation sites (N-methyl/N-ethyl adjacent to an activating group) is 1. The lowest BCUT2D eigenvalue weighted by Crippen LogP contribution is -2.44. The number of nitrogens with zero attached hydrogens (tertiary/aromatic N) is 4. The van der Waals surface area contributed by atoms with Gasteiger partial charge in [0.2, 0.25) is 10.0 Å². The van der Waals surface area contributed by atoms with Gasteiger partial charge >= 0.3 is 0 Å². The van der Waals surface area contributed by atoms with Crippen LogP contribution in [0.2, 0.25) is 0 Å². The summed E-state index contributed by atoms with van der Waals surface area (Å²) >= 11 is 0. The van der Waals surface area contributed by atoms with E-state index in [2.05, 4.69) is 37.2 Å². The molecule has 5 N–H and O–H groups in total. The van der Waals surface area contributed by atoms with Crippen LogP contribution in [0.15, 0.2) is 77.9 Å². The SMILES string of the molecule is C=C/C=C\C=C(/N)C(=O)Nc1cc(N2CCN(C)CC2)ccc1C(=O)Nc1n[nH]c2c1CN(S(=O)(=O)c1cc(F)cc(F)c1)C2(C)C. The van der Waals surface area contributed by atoms with E-state index in [0.717, 1.165) is 48.3 Å². The number of sulfonamides is 1. The summed E-state index contributed by atoms with van der Waals surface area (Å²) in [7, 11) is -2.34. The standard InChI is InChI=1S/C32H36F2N8O4S/c1-5-6-7-8-26(35)31(44)36-27-18-22(41-13-11-40(4)12-14-41)9-10-24(27)30(43)37-29-25-19-42(32(2,3)28(25)38-39-29)47(45,46)23-16-20(33)15-21(34)17-23/h5-10,15-18H,1,11-14,19,35H2,2-4H3,(H,36,44)(H2,37,38,39,43)/b7-6-,26-8-. The average molecular weight is 667 g/mol. The Kier molecular flexibility index (Phi) is 9.34. The number of nitrogens with two attached hydrogens (primary N) is 1. The number of allylic oxidation sites excluding steroid dienone is 4. The highest BCUT2D eigenvalue weighted by Gasteiger charge is 2.48. The smallest absolute Gasteiger partial charge is 0.271 e. The predicted octanol–water partition coefficient (Wildman–Crippen LogP) is 3.65. The van der Waals surface area contributed by atoms with Crippen LogP contribution in [-0.2, 0) is 26.9 Å². The van der Waals surface area contributed by atoms with E-state index in [1.807, 2.05) is 7.05 Å². The molecule has 3 aromatic rings. The van der Waals surface area contributed by atoms with Gasteiger partial charge in [-0.2, -0.15) is 9.40 Å². The molecule has 2 amide bonds. The van der Waals surface area contributed by atoms with Gasteiger partial charge in [0.25, 0.3) is 11.8 Å². The first-order chi connectivity index (χ1) is 22.2. The number of hydrogen-bond donors (Lipinski definition) is 4. The third-order valence-corrected chi connectivity index (χ3v) is 10.2. The summed E-state index contributed by atoms with van der Waals surface area (Å²) in [5.74, 6) is -3.24. The van der Waals surface area contributed by atoms with Crippen LogP contribution in [0.3, 0.4) is 0 Å². The number of nitrogens with one attached hydrogen (secondary N) is 3. The number of aromatic nitrogens is 2. The largest absolute Gasteiger partial charge is 0.394 e. The van der Waals surface area contributed by atoms with Gasteiger partial charge in [-0.25, -0.2) is 17.2 Å². The second-order valence-electron chi connectivity index (χ2n) is 11.8. The summed E-state index contributed by atoms with van der Waals surface area (Å²) in [5, 5.41) is 12.5. The Morgan fingerprint density at radius 2 is 1.72 bits per heavy atom. The number of hydrogen-bond acceptors (Lipinski definition) is 8. The van der Waals surface area contributed by atoms with E-state index in [0.29, 0.717) is 17.3 Å². The lowest BCUT2D eigenvalue weighted by molar-refractivity contribution is -0.112. The van der Waals surface area contributed by atoms with Gasteiger partial charge in [0.15, 0.2) is 5.82 Å². The molecule has 2 aromatic carbocycles. The molecule has 0 spiro atoms. The van der Waals surface area contributed by atoms with Crippen molar-refractivity contribution < 1.29 is 26.8 Å². The molecule has 1 fully saturated rings. The van der Waals surface area contributed by atoms with Crippen molar-refractivity contribution in [3.63, 3.8) is 0 Å². The highest BCUT2D eigenvalue weighted by molar-refractivity contribution is 7.89. The molecule has 248 valence electrons. The first-order valence-electron chi connectivity index (χ1n) is 14.7. The molecule has 2 aliphatic rings. The first kappa shape index (κ1) is 33.5. The number of rotatable bonds is 9. The summed E-state index contributed by atoms with van der Waals surface area (Å²) in [6, 6.07) is 7.17. The number of fused-ring (bicyclic) bond motifs is 1. The van der Waals surface area contributed by atoms with Gasteiger partial charge in [-0.3, -0.25) is 14.7 Å². The van der Waals surface area contributed by atoms with Crippen LogP contribution >= 0.6 is 0 Å². The Labute approximate surface area is 271 Å². The maximum absolute atomic E-state index is 13.9. The van der Waals surface area contributed by atoms with E-state index in [-0.39, 0.29) is 29.3 Å². The lowest BCUT2D eigenvalue weighted by atomic mass is 10.0. The molecule has 0 atom stereocenters. The fraction of sp³-hybridized carbons (Fsp3) is 0.281. The number of piperazine rings is 1. The van der Waals surface area contributed by atoms with Crippen molar-refractivity contribution in [3.8, 4) is 0 Å². The van der Waals surface area contributed by atoms with Gasteiger partial charge in [0.1, 0.15) is 11.6 Å². The van der Waals surface area contributed by atoms with Crippen molar-refractivity contribution in [1.29, 1.82) is 0 Å². The Balaban J connectivity index is 1.44. The number of amides is 2. The molecule has 0 radical (unpaired) electrons. The number of aromatic amines is 1. The molecule has 15 heteroatoms. The van der Waals surface area contributed by atoms with Crippen molar-refractivity contribution in [2.75, 3.05) is 48.8 Å². The molecular weight excluding hydrogens is 630 g/mol. The zero-order valence-corrected chi connectivity index (χ0v) is 27.0. The Hall–Kier alpha value is -4.86. The van der Waals surface area contributed by atoms with Crippen LogP contribution in [-0.4, -0.2) is 72.9 Å². The van der Waals surface area contributed by atoms with E-state index in [9.17, 15) is 26.8 Å². The minimum atomic E-state index is -4.37. The molecule has 1 saturated heterocycles. The van der Waals surface area contributed by atoms with Crippen LogP contribution in [0.5, 0.6) is 0 Å². The van der Waals surface area contributed by atoms with Crippen molar-refractivity contribution in [2.24, 2.45) is 5.73 Å². The van der Waals surface area contributed by atoms with Crippen molar-refractivity contribution in [2.45, 2.75) is 30.8 Å². The summed E-state index contributed by atoms with van der Waals surface area (Å²) in [5.41, 5.74) is 6.57.